The van der Waals surface area contributed by atoms with E-state index in [0.29, 0.717) is 18.8 Å². The highest BCUT2D eigenvalue weighted by atomic mass is 32.2. The second-order valence-corrected chi connectivity index (χ2v) is 8.42. The molecular weight excluding hydrogens is 304 g/mol. The van der Waals surface area contributed by atoms with E-state index >= 15 is 0 Å². The average molecular weight is 328 g/mol. The summed E-state index contributed by atoms with van der Waals surface area (Å²) in [5.41, 5.74) is -0.353. The number of hydrogen-bond acceptors (Lipinski definition) is 5. The Bertz CT molecular complexity index is 577. The topological polar surface area (TPSA) is 61.8 Å². The molecule has 5 nitrogen and oxygen atoms in total. The highest BCUT2D eigenvalue weighted by Gasteiger charge is 2.39. The first kappa shape index (κ1) is 17.1. The first-order valence-corrected chi connectivity index (χ1v) is 9.25. The third-order valence-corrected chi connectivity index (χ3v) is 5.71. The van der Waals surface area contributed by atoms with E-state index in [1.807, 2.05) is 20.8 Å². The number of ether oxygens (including phenoxy) is 3. The van der Waals surface area contributed by atoms with Crippen molar-refractivity contribution in [3.63, 3.8) is 0 Å². The van der Waals surface area contributed by atoms with Gasteiger partial charge in [-0.15, -0.1) is 0 Å². The van der Waals surface area contributed by atoms with Crippen LogP contribution in [0.15, 0.2) is 24.3 Å². The van der Waals surface area contributed by atoms with Gasteiger partial charge in [0.15, 0.2) is 9.84 Å². The van der Waals surface area contributed by atoms with Crippen molar-refractivity contribution in [2.45, 2.75) is 38.0 Å². The van der Waals surface area contributed by atoms with Crippen molar-refractivity contribution in [2.24, 2.45) is 0 Å². The van der Waals surface area contributed by atoms with Crippen LogP contribution in [-0.2, 0) is 14.6 Å². The molecular formula is C16H24O5S. The number of rotatable bonds is 7. The van der Waals surface area contributed by atoms with E-state index in [1.54, 1.807) is 24.3 Å². The molecule has 0 aliphatic carbocycles. The van der Waals surface area contributed by atoms with Crippen LogP contribution in [0.4, 0.5) is 0 Å². The van der Waals surface area contributed by atoms with Crippen molar-refractivity contribution in [1.82, 2.24) is 0 Å². The summed E-state index contributed by atoms with van der Waals surface area (Å²) in [5, 5.41) is -0.425. The van der Waals surface area contributed by atoms with Crippen LogP contribution in [0.3, 0.4) is 0 Å². The van der Waals surface area contributed by atoms with E-state index in [0.717, 1.165) is 5.75 Å². The minimum absolute atomic E-state index is 0.00428. The first-order chi connectivity index (χ1) is 10.3. The van der Waals surface area contributed by atoms with Crippen LogP contribution in [0.25, 0.3) is 0 Å². The maximum Gasteiger partial charge on any atom is 0.158 e. The molecule has 1 aromatic rings. The first-order valence-electron chi connectivity index (χ1n) is 7.53. The lowest BCUT2D eigenvalue weighted by Gasteiger charge is -2.16. The summed E-state index contributed by atoms with van der Waals surface area (Å²) < 4.78 is 40.9. The molecule has 1 heterocycles. The van der Waals surface area contributed by atoms with Gasteiger partial charge in [0.05, 0.1) is 29.8 Å². The monoisotopic (exact) mass is 328 g/mol. The van der Waals surface area contributed by atoms with E-state index in [2.05, 4.69) is 0 Å². The SMILES string of the molecule is CCOc1ccc(OCCS(=O)(=O)C2COC(C)(C)C2)cc1. The van der Waals surface area contributed by atoms with E-state index in [1.165, 1.54) is 0 Å². The van der Waals surface area contributed by atoms with Gasteiger partial charge in [0.2, 0.25) is 0 Å². The van der Waals surface area contributed by atoms with Crippen molar-refractivity contribution in [3.8, 4) is 11.5 Å². The van der Waals surface area contributed by atoms with Gasteiger partial charge in [-0.25, -0.2) is 8.42 Å². The molecule has 0 aromatic heterocycles. The minimum Gasteiger partial charge on any atom is -0.494 e. The molecule has 22 heavy (non-hydrogen) atoms. The number of benzene rings is 1. The number of hydrogen-bond donors (Lipinski definition) is 0. The highest BCUT2D eigenvalue weighted by Crippen LogP contribution is 2.29. The molecule has 0 amide bonds. The third-order valence-electron chi connectivity index (χ3n) is 3.66. The van der Waals surface area contributed by atoms with Crippen LogP contribution in [0, 0.1) is 0 Å². The van der Waals surface area contributed by atoms with Gasteiger partial charge in [-0.1, -0.05) is 0 Å². The lowest BCUT2D eigenvalue weighted by atomic mass is 10.1. The zero-order valence-electron chi connectivity index (χ0n) is 13.4. The molecule has 0 N–H and O–H groups in total. The predicted octanol–water partition coefficient (Wildman–Crippen LogP) is 2.45. The van der Waals surface area contributed by atoms with Crippen LogP contribution in [-0.4, -0.2) is 44.8 Å². The van der Waals surface area contributed by atoms with E-state index in [9.17, 15) is 8.42 Å². The second-order valence-electron chi connectivity index (χ2n) is 6.02. The molecule has 1 aliphatic rings. The van der Waals surface area contributed by atoms with Crippen LogP contribution in [0.5, 0.6) is 11.5 Å². The molecule has 1 fully saturated rings. The molecule has 1 saturated heterocycles. The zero-order chi connectivity index (χ0) is 16.2. The summed E-state index contributed by atoms with van der Waals surface area (Å²) >= 11 is 0. The fraction of sp³-hybridized carbons (Fsp3) is 0.625. The van der Waals surface area contributed by atoms with Gasteiger partial charge >= 0.3 is 0 Å². The fourth-order valence-electron chi connectivity index (χ4n) is 2.46. The fourth-order valence-corrected chi connectivity index (χ4v) is 4.04. The van der Waals surface area contributed by atoms with Crippen LogP contribution in [0.2, 0.25) is 0 Å². The normalized spacial score (nSPS) is 20.8. The van der Waals surface area contributed by atoms with E-state index in [4.69, 9.17) is 14.2 Å². The maximum atomic E-state index is 12.3. The summed E-state index contributed by atoms with van der Waals surface area (Å²) in [7, 11) is -3.19. The molecule has 0 spiro atoms. The molecule has 6 heteroatoms. The Kier molecular flexibility index (Phi) is 5.34. The van der Waals surface area contributed by atoms with Crippen LogP contribution < -0.4 is 9.47 Å². The van der Waals surface area contributed by atoms with Gasteiger partial charge in [0, 0.05) is 0 Å². The largest absolute Gasteiger partial charge is 0.494 e. The van der Waals surface area contributed by atoms with E-state index in [-0.39, 0.29) is 24.6 Å². The summed E-state index contributed by atoms with van der Waals surface area (Å²) in [4.78, 5) is 0. The third kappa shape index (κ3) is 4.61. The lowest BCUT2D eigenvalue weighted by molar-refractivity contribution is 0.0368. The van der Waals surface area contributed by atoms with Gasteiger partial charge in [-0.3, -0.25) is 0 Å². The standard InChI is InChI=1S/C16H24O5S/c1-4-19-13-5-7-14(8-6-13)20-9-10-22(17,18)15-11-16(2,3)21-12-15/h5-8,15H,4,9-12H2,1-3H3. The lowest BCUT2D eigenvalue weighted by Crippen LogP contribution is -2.28. The predicted molar refractivity (Wildman–Crippen MR) is 85.3 cm³/mol. The van der Waals surface area contributed by atoms with Crippen LogP contribution >= 0.6 is 0 Å². The summed E-state index contributed by atoms with van der Waals surface area (Å²) in [6, 6.07) is 7.17. The second kappa shape index (κ2) is 6.87. The Balaban J connectivity index is 1.82. The van der Waals surface area contributed by atoms with Crippen molar-refractivity contribution in [3.05, 3.63) is 24.3 Å². The number of sulfone groups is 1. The Morgan fingerprint density at radius 2 is 1.77 bits per heavy atom. The molecule has 1 aromatic carbocycles. The molecule has 1 unspecified atom stereocenters. The Morgan fingerprint density at radius 3 is 2.27 bits per heavy atom. The average Bonchev–Trinajstić information content (AvgIpc) is 2.82. The summed E-state index contributed by atoms with van der Waals surface area (Å²) in [6.45, 7) is 6.78. The smallest absolute Gasteiger partial charge is 0.158 e. The van der Waals surface area contributed by atoms with Crippen LogP contribution in [0.1, 0.15) is 27.2 Å². The van der Waals surface area contributed by atoms with Gasteiger partial charge < -0.3 is 14.2 Å². The molecule has 1 aliphatic heterocycles. The molecule has 0 saturated carbocycles. The van der Waals surface area contributed by atoms with Crippen molar-refractivity contribution in [2.75, 3.05) is 25.6 Å². The van der Waals surface area contributed by atoms with E-state index < -0.39 is 15.1 Å². The molecule has 0 radical (unpaired) electrons. The highest BCUT2D eigenvalue weighted by molar-refractivity contribution is 7.92. The van der Waals surface area contributed by atoms with Crippen molar-refractivity contribution in [1.29, 1.82) is 0 Å². The quantitative estimate of drug-likeness (QED) is 0.769. The zero-order valence-corrected chi connectivity index (χ0v) is 14.2. The van der Waals surface area contributed by atoms with Gasteiger partial charge in [0.25, 0.3) is 0 Å². The van der Waals surface area contributed by atoms with Gasteiger partial charge in [-0.05, 0) is 51.5 Å². The Morgan fingerprint density at radius 1 is 1.18 bits per heavy atom. The molecule has 1 atom stereocenters. The Hall–Kier alpha value is -1.27. The van der Waals surface area contributed by atoms with Gasteiger partial charge in [0.1, 0.15) is 18.1 Å². The Labute approximate surface area is 132 Å². The summed E-state index contributed by atoms with van der Waals surface area (Å²) in [6.07, 6.45) is 0.540. The van der Waals surface area contributed by atoms with Crippen molar-refractivity contribution >= 4 is 9.84 Å². The summed E-state index contributed by atoms with van der Waals surface area (Å²) in [5.74, 6) is 1.42. The van der Waals surface area contributed by atoms with Gasteiger partial charge in [-0.2, -0.15) is 0 Å². The molecule has 2 rings (SSSR count). The van der Waals surface area contributed by atoms with Crippen molar-refractivity contribution < 1.29 is 22.6 Å². The molecule has 0 bridgehead atoms. The minimum atomic E-state index is -3.19. The maximum absolute atomic E-state index is 12.3. The molecule has 124 valence electrons.